The van der Waals surface area contributed by atoms with Gasteiger partial charge in [0.15, 0.2) is 9.84 Å². The van der Waals surface area contributed by atoms with Crippen LogP contribution in [0.2, 0.25) is 0 Å². The van der Waals surface area contributed by atoms with E-state index in [1.165, 1.54) is 6.26 Å². The van der Waals surface area contributed by atoms with Gasteiger partial charge in [0.25, 0.3) is 0 Å². The molecule has 0 aliphatic carbocycles. The van der Waals surface area contributed by atoms with Gasteiger partial charge in [0, 0.05) is 23.7 Å². The van der Waals surface area contributed by atoms with Crippen molar-refractivity contribution in [1.29, 1.82) is 0 Å². The summed E-state index contributed by atoms with van der Waals surface area (Å²) in [5.41, 5.74) is 4.85. The molecule has 4 aromatic rings. The Morgan fingerprint density at radius 2 is 1.46 bits per heavy atom. The Morgan fingerprint density at radius 3 is 2.14 bits per heavy atom. The van der Waals surface area contributed by atoms with Gasteiger partial charge >= 0.3 is 0 Å². The molecule has 0 aliphatic heterocycles. The molecular weight excluding hydrogens is 368 g/mol. The lowest BCUT2D eigenvalue weighted by Gasteiger charge is -2.10. The van der Waals surface area contributed by atoms with E-state index >= 15 is 0 Å². The lowest BCUT2D eigenvalue weighted by Crippen LogP contribution is -1.97. The molecule has 140 valence electrons. The van der Waals surface area contributed by atoms with E-state index in [1.54, 1.807) is 18.2 Å². The fraction of sp³-hybridized carbons (Fsp3) is 0.0870. The molecule has 1 aromatic heterocycles. The normalized spacial score (nSPS) is 11.5. The van der Waals surface area contributed by atoms with Crippen molar-refractivity contribution in [1.82, 2.24) is 9.55 Å². The van der Waals surface area contributed by atoms with Crippen molar-refractivity contribution in [3.63, 3.8) is 0 Å². The quantitative estimate of drug-likeness (QED) is 0.499. The third kappa shape index (κ3) is 3.62. The van der Waals surface area contributed by atoms with Gasteiger partial charge in [0.2, 0.25) is 0 Å². The average Bonchev–Trinajstić information content (AvgIpc) is 3.10. The van der Waals surface area contributed by atoms with Gasteiger partial charge in [-0.1, -0.05) is 54.6 Å². The number of hydrogen-bond donors (Lipinski definition) is 0. The van der Waals surface area contributed by atoms with Gasteiger partial charge in [0.05, 0.1) is 10.6 Å². The van der Waals surface area contributed by atoms with Crippen molar-refractivity contribution < 1.29 is 8.42 Å². The van der Waals surface area contributed by atoms with Crippen LogP contribution in [0.1, 0.15) is 5.69 Å². The number of hydrogen-bond acceptors (Lipinski definition) is 3. The maximum Gasteiger partial charge on any atom is 0.175 e. The number of sulfone groups is 1. The molecule has 0 aliphatic rings. The maximum absolute atomic E-state index is 11.8. The Kier molecular flexibility index (Phi) is 4.61. The minimum absolute atomic E-state index is 0.325. The van der Waals surface area contributed by atoms with Crippen molar-refractivity contribution in [2.24, 2.45) is 0 Å². The summed E-state index contributed by atoms with van der Waals surface area (Å²) in [5, 5.41) is 0. The highest BCUT2D eigenvalue weighted by Crippen LogP contribution is 2.26. The largest absolute Gasteiger partial charge is 0.300 e. The molecule has 4 rings (SSSR count). The highest BCUT2D eigenvalue weighted by Gasteiger charge is 2.11. The van der Waals surface area contributed by atoms with Crippen molar-refractivity contribution in [2.75, 3.05) is 6.26 Å². The predicted molar refractivity (Wildman–Crippen MR) is 112 cm³/mol. The number of imidazole rings is 1. The Balaban J connectivity index is 1.73. The summed E-state index contributed by atoms with van der Waals surface area (Å²) in [6, 6.07) is 25.1. The Labute approximate surface area is 165 Å². The van der Waals surface area contributed by atoms with Crippen LogP contribution in [-0.2, 0) is 9.84 Å². The SMILES string of the molecule is Cc1cn(-c2ccc(-c3cccc(S(C)(=O)=O)c3)cc2)c(-c2ccccc2)n1. The number of aryl methyl sites for hydroxylation is 1. The molecule has 4 nitrogen and oxygen atoms in total. The van der Waals surface area contributed by atoms with Crippen LogP contribution in [0.25, 0.3) is 28.2 Å². The number of benzene rings is 3. The van der Waals surface area contributed by atoms with E-state index in [1.807, 2.05) is 73.8 Å². The van der Waals surface area contributed by atoms with E-state index in [2.05, 4.69) is 9.55 Å². The summed E-state index contributed by atoms with van der Waals surface area (Å²) in [7, 11) is -3.23. The monoisotopic (exact) mass is 388 g/mol. The summed E-state index contributed by atoms with van der Waals surface area (Å²) >= 11 is 0. The van der Waals surface area contributed by atoms with Gasteiger partial charge in [0.1, 0.15) is 5.82 Å². The van der Waals surface area contributed by atoms with Crippen LogP contribution >= 0.6 is 0 Å². The zero-order valence-corrected chi connectivity index (χ0v) is 16.5. The van der Waals surface area contributed by atoms with Gasteiger partial charge in [-0.25, -0.2) is 13.4 Å². The third-order valence-corrected chi connectivity index (χ3v) is 5.71. The van der Waals surface area contributed by atoms with E-state index in [-0.39, 0.29) is 0 Å². The van der Waals surface area contributed by atoms with E-state index in [9.17, 15) is 8.42 Å². The smallest absolute Gasteiger partial charge is 0.175 e. The molecule has 0 spiro atoms. The van der Waals surface area contributed by atoms with Crippen molar-refractivity contribution in [3.8, 4) is 28.2 Å². The lowest BCUT2D eigenvalue weighted by molar-refractivity contribution is 0.602. The molecule has 0 atom stereocenters. The molecule has 1 heterocycles. The zero-order chi connectivity index (χ0) is 19.7. The Hall–Kier alpha value is -3.18. The summed E-state index contributed by atoms with van der Waals surface area (Å²) in [4.78, 5) is 5.00. The zero-order valence-electron chi connectivity index (χ0n) is 15.7. The minimum atomic E-state index is -3.23. The first kappa shape index (κ1) is 18.2. The predicted octanol–water partition coefficient (Wildman–Crippen LogP) is 4.92. The van der Waals surface area contributed by atoms with E-state index in [4.69, 9.17) is 0 Å². The number of rotatable bonds is 4. The molecule has 0 unspecified atom stereocenters. The molecule has 0 amide bonds. The molecule has 28 heavy (non-hydrogen) atoms. The van der Waals surface area contributed by atoms with Crippen LogP contribution in [0, 0.1) is 6.92 Å². The lowest BCUT2D eigenvalue weighted by atomic mass is 10.1. The molecule has 5 heteroatoms. The molecular formula is C23H20N2O2S. The minimum Gasteiger partial charge on any atom is -0.300 e. The topological polar surface area (TPSA) is 52.0 Å². The standard InChI is InChI=1S/C23H20N2O2S/c1-17-16-25(23(24-17)19-7-4-3-5-8-19)21-13-11-18(12-14-21)20-9-6-10-22(15-20)28(2,26)27/h3-16H,1-2H3. The Bertz CT molecular complexity index is 1230. The first-order valence-corrected chi connectivity index (χ1v) is 10.8. The Morgan fingerprint density at radius 1 is 0.786 bits per heavy atom. The fourth-order valence-corrected chi connectivity index (χ4v) is 3.87. The second kappa shape index (κ2) is 7.09. The molecule has 0 fully saturated rings. The maximum atomic E-state index is 11.8. The number of aromatic nitrogens is 2. The van der Waals surface area contributed by atoms with Crippen molar-refractivity contribution >= 4 is 9.84 Å². The van der Waals surface area contributed by atoms with Crippen molar-refractivity contribution in [3.05, 3.63) is 90.8 Å². The molecule has 0 saturated carbocycles. The first-order chi connectivity index (χ1) is 13.4. The van der Waals surface area contributed by atoms with E-state index < -0.39 is 9.84 Å². The van der Waals surface area contributed by atoms with Gasteiger partial charge < -0.3 is 0 Å². The number of nitrogens with zero attached hydrogens (tertiary/aromatic N) is 2. The van der Waals surface area contributed by atoms with Gasteiger partial charge in [-0.15, -0.1) is 0 Å². The molecule has 0 saturated heterocycles. The van der Waals surface area contributed by atoms with Crippen molar-refractivity contribution in [2.45, 2.75) is 11.8 Å². The van der Waals surface area contributed by atoms with Gasteiger partial charge in [-0.2, -0.15) is 0 Å². The second-order valence-electron chi connectivity index (χ2n) is 6.79. The average molecular weight is 388 g/mol. The fourth-order valence-electron chi connectivity index (χ4n) is 3.21. The van der Waals surface area contributed by atoms with E-state index in [0.29, 0.717) is 4.90 Å². The second-order valence-corrected chi connectivity index (χ2v) is 8.80. The molecule has 0 N–H and O–H groups in total. The van der Waals surface area contributed by atoms with Gasteiger partial charge in [-0.05, 0) is 42.3 Å². The van der Waals surface area contributed by atoms with Crippen LogP contribution in [0.4, 0.5) is 0 Å². The van der Waals surface area contributed by atoms with Crippen LogP contribution in [0.3, 0.4) is 0 Å². The molecule has 0 radical (unpaired) electrons. The van der Waals surface area contributed by atoms with Crippen LogP contribution < -0.4 is 0 Å². The summed E-state index contributed by atoms with van der Waals surface area (Å²) in [5.74, 6) is 0.893. The summed E-state index contributed by atoms with van der Waals surface area (Å²) < 4.78 is 25.7. The summed E-state index contributed by atoms with van der Waals surface area (Å²) in [6.07, 6.45) is 3.24. The van der Waals surface area contributed by atoms with E-state index in [0.717, 1.165) is 33.9 Å². The van der Waals surface area contributed by atoms with Crippen LogP contribution in [0.15, 0.2) is 90.0 Å². The first-order valence-electron chi connectivity index (χ1n) is 8.94. The van der Waals surface area contributed by atoms with Crippen LogP contribution in [0.5, 0.6) is 0 Å². The summed E-state index contributed by atoms with van der Waals surface area (Å²) in [6.45, 7) is 1.98. The highest BCUT2D eigenvalue weighted by atomic mass is 32.2. The molecule has 3 aromatic carbocycles. The van der Waals surface area contributed by atoms with Crippen LogP contribution in [-0.4, -0.2) is 24.2 Å². The van der Waals surface area contributed by atoms with Gasteiger partial charge in [-0.3, -0.25) is 4.57 Å². The third-order valence-electron chi connectivity index (χ3n) is 4.60. The highest BCUT2D eigenvalue weighted by molar-refractivity contribution is 7.90. The molecule has 0 bridgehead atoms.